The van der Waals surface area contributed by atoms with Crippen molar-refractivity contribution in [1.29, 1.82) is 0 Å². The molecule has 0 aliphatic rings. The first-order chi connectivity index (χ1) is 19.8. The van der Waals surface area contributed by atoms with E-state index in [1.165, 1.54) is 56.4 Å². The van der Waals surface area contributed by atoms with Crippen LogP contribution in [-0.2, 0) is 14.4 Å². The Morgan fingerprint density at radius 3 is 1.14 bits per heavy atom. The van der Waals surface area contributed by atoms with E-state index in [1.807, 2.05) is 0 Å². The van der Waals surface area contributed by atoms with Gasteiger partial charge in [-0.25, -0.2) is 9.59 Å². The molecule has 1 aromatic rings. The molecule has 1 aromatic carbocycles. The molecule has 0 heterocycles. The molecule has 0 saturated carbocycles. The highest BCUT2D eigenvalue weighted by molar-refractivity contribution is 6.01. The molecular weight excluding hydrogens is 544 g/mol. The van der Waals surface area contributed by atoms with Crippen molar-refractivity contribution in [1.82, 2.24) is 0 Å². The second-order valence-electron chi connectivity index (χ2n) is 10.3. The second-order valence-corrected chi connectivity index (χ2v) is 10.3. The van der Waals surface area contributed by atoms with Crippen LogP contribution < -0.4 is 0 Å². The maximum atomic E-state index is 10.5. The lowest BCUT2D eigenvalue weighted by Gasteiger charge is -2.01. The molecule has 10 nitrogen and oxygen atoms in total. The SMILES string of the molecule is CC(C)CCCCC(=O)O.CCCCCCC(=O)O.CCCCCCCCC(=O)O.O=C(O)c1ccccc1C(=O)O. The Kier molecular flexibility index (Phi) is 31.3. The van der Waals surface area contributed by atoms with E-state index in [-0.39, 0.29) is 11.1 Å². The Morgan fingerprint density at radius 2 is 0.833 bits per heavy atom. The van der Waals surface area contributed by atoms with Crippen LogP contribution in [0.2, 0.25) is 0 Å². The molecule has 0 radical (unpaired) electrons. The summed E-state index contributed by atoms with van der Waals surface area (Å²) < 4.78 is 0. The number of hydrogen-bond donors (Lipinski definition) is 5. The monoisotopic (exact) mass is 598 g/mol. The van der Waals surface area contributed by atoms with Gasteiger partial charge in [0.1, 0.15) is 0 Å². The highest BCUT2D eigenvalue weighted by Crippen LogP contribution is 2.09. The lowest BCUT2D eigenvalue weighted by Crippen LogP contribution is -2.06. The number of rotatable bonds is 19. The molecule has 10 heteroatoms. The molecule has 42 heavy (non-hydrogen) atoms. The lowest BCUT2D eigenvalue weighted by atomic mass is 10.1. The molecule has 0 aliphatic carbocycles. The fraction of sp³-hybridized carbons (Fsp3) is 0.656. The number of carboxylic acids is 5. The highest BCUT2D eigenvalue weighted by atomic mass is 16.4. The quantitative estimate of drug-likeness (QED) is 0.0970. The summed E-state index contributed by atoms with van der Waals surface area (Å²) >= 11 is 0. The summed E-state index contributed by atoms with van der Waals surface area (Å²) in [7, 11) is 0. The van der Waals surface area contributed by atoms with E-state index in [4.69, 9.17) is 25.5 Å². The number of benzene rings is 1. The first-order valence-electron chi connectivity index (χ1n) is 15.0. The van der Waals surface area contributed by atoms with Gasteiger partial charge in [0.2, 0.25) is 0 Å². The van der Waals surface area contributed by atoms with E-state index in [0.717, 1.165) is 51.4 Å². The summed E-state index contributed by atoms with van der Waals surface area (Å²) in [5.41, 5.74) is -0.380. The van der Waals surface area contributed by atoms with Gasteiger partial charge in [0.25, 0.3) is 0 Å². The minimum absolute atomic E-state index is 0.190. The van der Waals surface area contributed by atoms with Crippen molar-refractivity contribution in [3.05, 3.63) is 35.4 Å². The number of hydrogen-bond acceptors (Lipinski definition) is 5. The van der Waals surface area contributed by atoms with E-state index >= 15 is 0 Å². The van der Waals surface area contributed by atoms with Gasteiger partial charge in [-0.15, -0.1) is 0 Å². The third-order valence-electron chi connectivity index (χ3n) is 5.80. The summed E-state index contributed by atoms with van der Waals surface area (Å²) in [6.07, 6.45) is 15.1. The van der Waals surface area contributed by atoms with Crippen molar-refractivity contribution in [3.63, 3.8) is 0 Å². The summed E-state index contributed by atoms with van der Waals surface area (Å²) in [5.74, 6) is -3.77. The van der Waals surface area contributed by atoms with E-state index in [1.54, 1.807) is 0 Å². The van der Waals surface area contributed by atoms with Gasteiger partial charge in [0.15, 0.2) is 0 Å². The van der Waals surface area contributed by atoms with Crippen LogP contribution in [0.25, 0.3) is 0 Å². The maximum absolute atomic E-state index is 10.5. The number of unbranched alkanes of at least 4 members (excludes halogenated alkanes) is 9. The van der Waals surface area contributed by atoms with Crippen LogP contribution in [-0.4, -0.2) is 55.4 Å². The fourth-order valence-corrected chi connectivity index (χ4v) is 3.44. The molecule has 0 aliphatic heterocycles. The van der Waals surface area contributed by atoms with Crippen LogP contribution in [0.4, 0.5) is 0 Å². The lowest BCUT2D eigenvalue weighted by molar-refractivity contribution is -0.138. The third kappa shape index (κ3) is 34.6. The smallest absolute Gasteiger partial charge is 0.336 e. The molecule has 0 bridgehead atoms. The van der Waals surface area contributed by atoms with Gasteiger partial charge in [-0.2, -0.15) is 0 Å². The molecule has 0 saturated heterocycles. The van der Waals surface area contributed by atoms with Crippen LogP contribution in [0, 0.1) is 5.92 Å². The van der Waals surface area contributed by atoms with Crippen molar-refractivity contribution in [2.24, 2.45) is 5.92 Å². The maximum Gasteiger partial charge on any atom is 0.336 e. The second kappa shape index (κ2) is 30.5. The summed E-state index contributed by atoms with van der Waals surface area (Å²) in [6, 6.07) is 5.48. The minimum Gasteiger partial charge on any atom is -0.481 e. The Labute approximate surface area is 251 Å². The molecule has 0 fully saturated rings. The van der Waals surface area contributed by atoms with Crippen molar-refractivity contribution in [3.8, 4) is 0 Å². The summed E-state index contributed by atoms with van der Waals surface area (Å²) in [6.45, 7) is 8.60. The summed E-state index contributed by atoms with van der Waals surface area (Å²) in [4.78, 5) is 51.0. The van der Waals surface area contributed by atoms with Crippen LogP contribution in [0.15, 0.2) is 24.3 Å². The topological polar surface area (TPSA) is 186 Å². The first kappa shape index (κ1) is 43.0. The molecule has 5 N–H and O–H groups in total. The van der Waals surface area contributed by atoms with Gasteiger partial charge in [-0.1, -0.05) is 104 Å². The fourth-order valence-electron chi connectivity index (χ4n) is 3.44. The van der Waals surface area contributed by atoms with Gasteiger partial charge >= 0.3 is 29.8 Å². The molecule has 0 spiro atoms. The third-order valence-corrected chi connectivity index (χ3v) is 5.80. The van der Waals surface area contributed by atoms with Gasteiger partial charge in [-0.3, -0.25) is 14.4 Å². The van der Waals surface area contributed by atoms with Crippen LogP contribution in [0.1, 0.15) is 151 Å². The molecule has 0 amide bonds. The van der Waals surface area contributed by atoms with Crippen LogP contribution >= 0.6 is 0 Å². The number of carbonyl (C=O) groups is 5. The zero-order chi connectivity index (χ0) is 32.8. The minimum atomic E-state index is -1.23. The standard InChI is InChI=1S/C9H18O2.C8H6O4.C8H16O2.C7H14O2/c1-2-3-4-5-6-7-8-9(10)11;9-7(10)5-3-1-2-4-6(5)8(11)12;1-7(2)5-3-4-6-8(9)10;1-2-3-4-5-6-7(8)9/h2-8H2,1H3,(H,10,11);1-4H,(H,9,10)(H,11,12);7H,3-6H2,1-2H3,(H,9,10);2-6H2,1H3,(H,8,9). The van der Waals surface area contributed by atoms with E-state index in [9.17, 15) is 24.0 Å². The molecule has 1 rings (SSSR count). The van der Waals surface area contributed by atoms with Crippen molar-refractivity contribution in [2.45, 2.75) is 130 Å². The number of aliphatic carboxylic acids is 3. The Morgan fingerprint density at radius 1 is 0.524 bits per heavy atom. The highest BCUT2D eigenvalue weighted by Gasteiger charge is 2.13. The predicted octanol–water partition coefficient (Wildman–Crippen LogP) is 8.23. The normalized spacial score (nSPS) is 9.74. The number of carboxylic acid groups (broad SMARTS) is 5. The van der Waals surface area contributed by atoms with Crippen molar-refractivity contribution >= 4 is 29.8 Å². The van der Waals surface area contributed by atoms with E-state index in [0.29, 0.717) is 25.2 Å². The molecule has 242 valence electrons. The Bertz CT molecular complexity index is 832. The van der Waals surface area contributed by atoms with Crippen molar-refractivity contribution < 1.29 is 49.5 Å². The molecular formula is C32H54O10. The Balaban J connectivity index is -0.000000486. The van der Waals surface area contributed by atoms with Crippen LogP contribution in [0.5, 0.6) is 0 Å². The van der Waals surface area contributed by atoms with Gasteiger partial charge in [0, 0.05) is 19.3 Å². The molecule has 0 unspecified atom stereocenters. The predicted molar refractivity (Wildman–Crippen MR) is 163 cm³/mol. The van der Waals surface area contributed by atoms with Gasteiger partial charge in [0.05, 0.1) is 11.1 Å². The molecule has 0 atom stereocenters. The van der Waals surface area contributed by atoms with Gasteiger partial charge in [-0.05, 0) is 37.3 Å². The Hall–Kier alpha value is -3.43. The average molecular weight is 599 g/mol. The zero-order valence-corrected chi connectivity index (χ0v) is 26.0. The zero-order valence-electron chi connectivity index (χ0n) is 26.0. The van der Waals surface area contributed by atoms with Crippen molar-refractivity contribution in [2.75, 3.05) is 0 Å². The number of aromatic carboxylic acids is 2. The average Bonchev–Trinajstić information content (AvgIpc) is 2.92. The first-order valence-corrected chi connectivity index (χ1v) is 15.0. The summed E-state index contributed by atoms with van der Waals surface area (Å²) in [5, 5.41) is 41.9. The largest absolute Gasteiger partial charge is 0.481 e. The molecule has 0 aromatic heterocycles. The van der Waals surface area contributed by atoms with Crippen LogP contribution in [0.3, 0.4) is 0 Å². The van der Waals surface area contributed by atoms with E-state index in [2.05, 4.69) is 27.7 Å². The van der Waals surface area contributed by atoms with E-state index < -0.39 is 29.8 Å². The van der Waals surface area contributed by atoms with Gasteiger partial charge < -0.3 is 25.5 Å².